The van der Waals surface area contributed by atoms with Gasteiger partial charge in [-0.2, -0.15) is 0 Å². The summed E-state index contributed by atoms with van der Waals surface area (Å²) in [5, 5.41) is 5.68. The fraction of sp³-hybridized carbons (Fsp3) is 0.133. The van der Waals surface area contributed by atoms with E-state index in [2.05, 4.69) is 10.7 Å². The lowest BCUT2D eigenvalue weighted by Crippen LogP contribution is -2.33. The highest BCUT2D eigenvalue weighted by atomic mass is 32.1. The predicted molar refractivity (Wildman–Crippen MR) is 82.2 cm³/mol. The molecule has 1 aliphatic heterocycles. The molecule has 0 radical (unpaired) electrons. The van der Waals surface area contributed by atoms with Crippen LogP contribution in [0.2, 0.25) is 0 Å². The van der Waals surface area contributed by atoms with Crippen LogP contribution in [0.5, 0.6) is 11.5 Å². The average Bonchev–Trinajstić information content (AvgIpc) is 2.88. The molecule has 1 heterocycles. The van der Waals surface area contributed by atoms with Gasteiger partial charge in [0.2, 0.25) is 0 Å². The number of para-hydroxylation sites is 2. The van der Waals surface area contributed by atoms with Crippen molar-refractivity contribution in [1.29, 1.82) is 0 Å². The van der Waals surface area contributed by atoms with Gasteiger partial charge in [-0.1, -0.05) is 36.4 Å². The summed E-state index contributed by atoms with van der Waals surface area (Å²) in [5.74, 6) is 1.67. The number of nitrogens with zero attached hydrogens (tertiary/aromatic N) is 1. The van der Waals surface area contributed by atoms with Gasteiger partial charge in [0.15, 0.2) is 5.11 Å². The highest BCUT2D eigenvalue weighted by Crippen LogP contribution is 2.25. The van der Waals surface area contributed by atoms with Crippen LogP contribution in [0.4, 0.5) is 0 Å². The molecule has 0 unspecified atom stereocenters. The van der Waals surface area contributed by atoms with E-state index >= 15 is 0 Å². The van der Waals surface area contributed by atoms with Crippen molar-refractivity contribution in [3.63, 3.8) is 0 Å². The Morgan fingerprint density at radius 1 is 1.05 bits per heavy atom. The monoisotopic (exact) mass is 285 g/mol. The Morgan fingerprint density at radius 3 is 2.55 bits per heavy atom. The van der Waals surface area contributed by atoms with Gasteiger partial charge < -0.3 is 10.1 Å². The number of benzene rings is 2. The first-order chi connectivity index (χ1) is 9.83. The molecule has 0 spiro atoms. The zero-order chi connectivity index (χ0) is 13.8. The standard InChI is InChI=1S/C15H15N3OS/c20-15-16-11-17-18(15)10-12-6-4-5-9-14(12)19-13-7-2-1-3-8-13/h1-9,17H,10-11H2,(H,16,20). The van der Waals surface area contributed by atoms with Crippen LogP contribution in [0.3, 0.4) is 0 Å². The fourth-order valence-electron chi connectivity index (χ4n) is 2.03. The number of ether oxygens (including phenoxy) is 1. The fourth-order valence-corrected chi connectivity index (χ4v) is 2.23. The molecule has 2 N–H and O–H groups in total. The molecule has 1 aliphatic rings. The van der Waals surface area contributed by atoms with E-state index in [0.29, 0.717) is 18.3 Å². The summed E-state index contributed by atoms with van der Waals surface area (Å²) in [6, 6.07) is 17.7. The van der Waals surface area contributed by atoms with Gasteiger partial charge >= 0.3 is 0 Å². The highest BCUT2D eigenvalue weighted by Gasteiger charge is 2.17. The maximum atomic E-state index is 5.94. The van der Waals surface area contributed by atoms with Crippen molar-refractivity contribution in [3.8, 4) is 11.5 Å². The molecule has 1 saturated heterocycles. The lowest BCUT2D eigenvalue weighted by molar-refractivity contribution is 0.338. The number of hydrogen-bond donors (Lipinski definition) is 2. The summed E-state index contributed by atoms with van der Waals surface area (Å²) < 4.78 is 5.94. The Labute approximate surface area is 123 Å². The van der Waals surface area contributed by atoms with Crippen LogP contribution in [0.1, 0.15) is 5.56 Å². The van der Waals surface area contributed by atoms with E-state index in [-0.39, 0.29) is 0 Å². The normalized spacial score (nSPS) is 14.2. The Morgan fingerprint density at radius 2 is 1.80 bits per heavy atom. The minimum absolute atomic E-state index is 0.662. The van der Waals surface area contributed by atoms with Crippen LogP contribution in [0.15, 0.2) is 54.6 Å². The maximum absolute atomic E-state index is 5.94. The van der Waals surface area contributed by atoms with Gasteiger partial charge in [0.05, 0.1) is 13.2 Å². The van der Waals surface area contributed by atoms with E-state index < -0.39 is 0 Å². The zero-order valence-corrected chi connectivity index (χ0v) is 11.7. The molecule has 2 aromatic carbocycles. The van der Waals surface area contributed by atoms with E-state index in [1.807, 2.05) is 59.6 Å². The maximum Gasteiger partial charge on any atom is 0.184 e. The molecule has 0 amide bonds. The van der Waals surface area contributed by atoms with Gasteiger partial charge in [-0.3, -0.25) is 5.01 Å². The second kappa shape index (κ2) is 5.90. The third-order valence-corrected chi connectivity index (χ3v) is 3.39. The summed E-state index contributed by atoms with van der Waals surface area (Å²) in [6.45, 7) is 1.33. The minimum atomic E-state index is 0.662. The number of nitrogens with one attached hydrogen (secondary N) is 2. The Bertz CT molecular complexity index is 603. The van der Waals surface area contributed by atoms with Crippen LogP contribution in [0, 0.1) is 0 Å². The number of rotatable bonds is 4. The number of hydrazine groups is 1. The lowest BCUT2D eigenvalue weighted by Gasteiger charge is -2.18. The van der Waals surface area contributed by atoms with Gasteiger partial charge in [0, 0.05) is 5.56 Å². The van der Waals surface area contributed by atoms with Crippen molar-refractivity contribution in [2.75, 3.05) is 6.67 Å². The average molecular weight is 285 g/mol. The van der Waals surface area contributed by atoms with E-state index in [9.17, 15) is 0 Å². The second-order valence-corrected chi connectivity index (χ2v) is 4.81. The van der Waals surface area contributed by atoms with Crippen molar-refractivity contribution in [2.24, 2.45) is 0 Å². The summed E-state index contributed by atoms with van der Waals surface area (Å²) in [7, 11) is 0. The van der Waals surface area contributed by atoms with Gasteiger partial charge in [-0.05, 0) is 30.4 Å². The second-order valence-electron chi connectivity index (χ2n) is 4.43. The summed E-state index contributed by atoms with van der Waals surface area (Å²) in [4.78, 5) is 0. The Hall–Kier alpha value is -2.11. The Balaban J connectivity index is 1.79. The Kier molecular flexibility index (Phi) is 3.80. The molecule has 3 rings (SSSR count). The number of hydrogen-bond acceptors (Lipinski definition) is 3. The van der Waals surface area contributed by atoms with Crippen molar-refractivity contribution < 1.29 is 4.74 Å². The van der Waals surface area contributed by atoms with Crippen LogP contribution < -0.4 is 15.5 Å². The molecule has 0 aromatic heterocycles. The van der Waals surface area contributed by atoms with Crippen molar-refractivity contribution in [3.05, 3.63) is 60.2 Å². The SMILES string of the molecule is S=C1NCNN1Cc1ccccc1Oc1ccccc1. The molecule has 1 fully saturated rings. The van der Waals surface area contributed by atoms with E-state index in [1.165, 1.54) is 0 Å². The molecule has 4 nitrogen and oxygen atoms in total. The van der Waals surface area contributed by atoms with E-state index in [0.717, 1.165) is 17.1 Å². The first-order valence-electron chi connectivity index (χ1n) is 6.42. The molecular weight excluding hydrogens is 270 g/mol. The molecule has 2 aromatic rings. The third-order valence-electron chi connectivity index (χ3n) is 3.03. The first kappa shape index (κ1) is 12.9. The zero-order valence-electron chi connectivity index (χ0n) is 10.9. The smallest absolute Gasteiger partial charge is 0.184 e. The van der Waals surface area contributed by atoms with Gasteiger partial charge in [0.25, 0.3) is 0 Å². The minimum Gasteiger partial charge on any atom is -0.457 e. The molecule has 0 aliphatic carbocycles. The van der Waals surface area contributed by atoms with Crippen molar-refractivity contribution in [2.45, 2.75) is 6.54 Å². The quantitative estimate of drug-likeness (QED) is 0.845. The third kappa shape index (κ3) is 2.89. The highest BCUT2D eigenvalue weighted by molar-refractivity contribution is 7.80. The molecule has 5 heteroatoms. The molecule has 102 valence electrons. The largest absolute Gasteiger partial charge is 0.457 e. The van der Waals surface area contributed by atoms with Gasteiger partial charge in [-0.25, -0.2) is 5.43 Å². The van der Waals surface area contributed by atoms with Crippen molar-refractivity contribution in [1.82, 2.24) is 15.8 Å². The van der Waals surface area contributed by atoms with Crippen LogP contribution in [-0.2, 0) is 6.54 Å². The molecular formula is C15H15N3OS. The van der Waals surface area contributed by atoms with E-state index in [4.69, 9.17) is 17.0 Å². The molecule has 20 heavy (non-hydrogen) atoms. The van der Waals surface area contributed by atoms with Gasteiger partial charge in [0.1, 0.15) is 11.5 Å². The number of thiocarbonyl (C=S) groups is 1. The lowest BCUT2D eigenvalue weighted by atomic mass is 10.2. The molecule has 0 saturated carbocycles. The van der Waals surface area contributed by atoms with E-state index in [1.54, 1.807) is 0 Å². The van der Waals surface area contributed by atoms with Crippen LogP contribution in [-0.4, -0.2) is 16.8 Å². The molecule has 0 atom stereocenters. The molecule has 0 bridgehead atoms. The van der Waals surface area contributed by atoms with Crippen LogP contribution >= 0.6 is 12.2 Å². The van der Waals surface area contributed by atoms with Crippen LogP contribution in [0.25, 0.3) is 0 Å². The summed E-state index contributed by atoms with van der Waals surface area (Å²) in [5.41, 5.74) is 4.25. The summed E-state index contributed by atoms with van der Waals surface area (Å²) in [6.07, 6.45) is 0. The predicted octanol–water partition coefficient (Wildman–Crippen LogP) is 2.63. The topological polar surface area (TPSA) is 36.5 Å². The van der Waals surface area contributed by atoms with Gasteiger partial charge in [-0.15, -0.1) is 0 Å². The summed E-state index contributed by atoms with van der Waals surface area (Å²) >= 11 is 5.22. The first-order valence-corrected chi connectivity index (χ1v) is 6.83. The van der Waals surface area contributed by atoms with Crippen molar-refractivity contribution >= 4 is 17.3 Å².